The van der Waals surface area contributed by atoms with Crippen LogP contribution < -0.4 is 0 Å². The van der Waals surface area contributed by atoms with Crippen molar-refractivity contribution in [1.82, 2.24) is 4.98 Å². The van der Waals surface area contributed by atoms with Crippen LogP contribution in [0.15, 0.2) is 18.3 Å². The van der Waals surface area contributed by atoms with Crippen molar-refractivity contribution in [3.63, 3.8) is 0 Å². The Morgan fingerprint density at radius 3 is 2.81 bits per heavy atom. The molecule has 88 valence electrons. The number of thioether (sulfide) groups is 1. The summed E-state index contributed by atoms with van der Waals surface area (Å²) in [5, 5.41) is 9.07. The van der Waals surface area contributed by atoms with E-state index in [2.05, 4.69) is 4.98 Å². The number of carboxylic acids is 1. The van der Waals surface area contributed by atoms with Crippen LogP contribution in [0, 0.1) is 5.92 Å². The van der Waals surface area contributed by atoms with Crippen molar-refractivity contribution in [2.75, 3.05) is 0 Å². The van der Waals surface area contributed by atoms with Crippen molar-refractivity contribution in [3.05, 3.63) is 29.0 Å². The normalized spacial score (nSPS) is 12.8. The summed E-state index contributed by atoms with van der Waals surface area (Å²) in [7, 11) is 0. The average Bonchev–Trinajstić information content (AvgIpc) is 2.16. The third-order valence-corrected chi connectivity index (χ3v) is 3.88. The molecule has 0 bridgehead atoms. The molecule has 0 saturated heterocycles. The molecule has 0 aliphatic heterocycles. The van der Waals surface area contributed by atoms with E-state index in [1.807, 2.05) is 19.9 Å². The van der Waals surface area contributed by atoms with Crippen molar-refractivity contribution in [2.45, 2.75) is 24.9 Å². The minimum absolute atomic E-state index is 0.111. The van der Waals surface area contributed by atoms with Gasteiger partial charge < -0.3 is 5.11 Å². The zero-order valence-corrected chi connectivity index (χ0v) is 10.8. The minimum atomic E-state index is -0.764. The predicted molar refractivity (Wildman–Crippen MR) is 66.8 cm³/mol. The summed E-state index contributed by atoms with van der Waals surface area (Å²) < 4.78 is 0. The Morgan fingerprint density at radius 1 is 1.62 bits per heavy atom. The maximum Gasteiger partial charge on any atom is 0.316 e. The molecule has 1 unspecified atom stereocenters. The van der Waals surface area contributed by atoms with Crippen LogP contribution in [-0.2, 0) is 10.5 Å². The quantitative estimate of drug-likeness (QED) is 0.826. The topological polar surface area (TPSA) is 50.2 Å². The molecule has 0 aliphatic carbocycles. The number of hydrogen-bond acceptors (Lipinski definition) is 3. The summed E-state index contributed by atoms with van der Waals surface area (Å²) in [5.41, 5.74) is 0.997. The van der Waals surface area contributed by atoms with Crippen molar-refractivity contribution in [3.8, 4) is 0 Å². The Morgan fingerprint density at radius 2 is 2.31 bits per heavy atom. The fourth-order valence-electron chi connectivity index (χ4n) is 1.27. The monoisotopic (exact) mass is 259 g/mol. The second kappa shape index (κ2) is 6.11. The molecule has 0 saturated carbocycles. The predicted octanol–water partition coefficient (Wildman–Crippen LogP) is 3.08. The Labute approximate surface area is 104 Å². The summed E-state index contributed by atoms with van der Waals surface area (Å²) in [6.07, 6.45) is 1.63. The highest BCUT2D eigenvalue weighted by molar-refractivity contribution is 7.99. The lowest BCUT2D eigenvalue weighted by atomic mass is 10.1. The molecule has 1 heterocycles. The number of carboxylic acid groups (broad SMARTS) is 1. The highest BCUT2D eigenvalue weighted by Gasteiger charge is 2.21. The molecular formula is C11H14ClNO2S. The Kier molecular flexibility index (Phi) is 5.09. The number of nitrogens with zero attached hydrogens (tertiary/aromatic N) is 1. The van der Waals surface area contributed by atoms with Crippen LogP contribution in [0.25, 0.3) is 0 Å². The largest absolute Gasteiger partial charge is 0.480 e. The van der Waals surface area contributed by atoms with Gasteiger partial charge in [-0.1, -0.05) is 25.4 Å². The van der Waals surface area contributed by atoms with E-state index in [0.29, 0.717) is 10.9 Å². The zero-order chi connectivity index (χ0) is 12.1. The molecule has 1 atom stereocenters. The first-order valence-corrected chi connectivity index (χ1v) is 6.38. The van der Waals surface area contributed by atoms with Crippen LogP contribution in [0.3, 0.4) is 0 Å². The lowest BCUT2D eigenvalue weighted by Gasteiger charge is -2.15. The second-order valence-electron chi connectivity index (χ2n) is 3.80. The van der Waals surface area contributed by atoms with Gasteiger partial charge >= 0.3 is 5.97 Å². The molecule has 1 aromatic rings. The summed E-state index contributed by atoms with van der Waals surface area (Å²) in [6.45, 7) is 3.82. The van der Waals surface area contributed by atoms with E-state index in [1.54, 1.807) is 12.3 Å². The van der Waals surface area contributed by atoms with Gasteiger partial charge in [-0.2, -0.15) is 0 Å². The molecule has 3 nitrogen and oxygen atoms in total. The lowest BCUT2D eigenvalue weighted by molar-refractivity contribution is -0.137. The van der Waals surface area contributed by atoms with E-state index < -0.39 is 5.97 Å². The number of aliphatic carboxylic acids is 1. The van der Waals surface area contributed by atoms with Gasteiger partial charge in [0.2, 0.25) is 0 Å². The molecule has 0 radical (unpaired) electrons. The van der Waals surface area contributed by atoms with Gasteiger partial charge in [-0.05, 0) is 23.6 Å². The summed E-state index contributed by atoms with van der Waals surface area (Å²) >= 11 is 7.16. The van der Waals surface area contributed by atoms with Crippen molar-refractivity contribution in [1.29, 1.82) is 0 Å². The van der Waals surface area contributed by atoms with E-state index in [-0.39, 0.29) is 11.2 Å². The SMILES string of the molecule is CC(C)C(SCc1ccnc(Cl)c1)C(=O)O. The van der Waals surface area contributed by atoms with Gasteiger partial charge in [0, 0.05) is 11.9 Å². The van der Waals surface area contributed by atoms with Crippen LogP contribution >= 0.6 is 23.4 Å². The molecule has 0 amide bonds. The number of pyridine rings is 1. The molecule has 5 heteroatoms. The van der Waals surface area contributed by atoms with Crippen molar-refractivity contribution >= 4 is 29.3 Å². The highest BCUT2D eigenvalue weighted by Crippen LogP contribution is 2.24. The fourth-order valence-corrected chi connectivity index (χ4v) is 2.54. The first-order chi connectivity index (χ1) is 7.50. The van der Waals surface area contributed by atoms with Gasteiger partial charge in [0.05, 0.1) is 0 Å². The van der Waals surface area contributed by atoms with Gasteiger partial charge in [-0.3, -0.25) is 4.79 Å². The maximum absolute atomic E-state index is 11.0. The van der Waals surface area contributed by atoms with Crippen LogP contribution in [0.4, 0.5) is 0 Å². The van der Waals surface area contributed by atoms with Crippen LogP contribution in [0.5, 0.6) is 0 Å². The number of carbonyl (C=O) groups is 1. The number of hydrogen-bond donors (Lipinski definition) is 1. The molecule has 1 N–H and O–H groups in total. The Hall–Kier alpha value is -0.740. The molecule has 0 aliphatic rings. The smallest absolute Gasteiger partial charge is 0.316 e. The fraction of sp³-hybridized carbons (Fsp3) is 0.455. The van der Waals surface area contributed by atoms with Gasteiger partial charge in [0.1, 0.15) is 10.4 Å². The number of halogens is 1. The Balaban J connectivity index is 2.59. The van der Waals surface area contributed by atoms with E-state index in [0.717, 1.165) is 5.56 Å². The molecular weight excluding hydrogens is 246 g/mol. The molecule has 16 heavy (non-hydrogen) atoms. The first-order valence-electron chi connectivity index (χ1n) is 4.95. The Bertz CT molecular complexity index is 371. The summed E-state index contributed by atoms with van der Waals surface area (Å²) in [5.74, 6) is -0.0165. The van der Waals surface area contributed by atoms with E-state index in [9.17, 15) is 4.79 Å². The third-order valence-electron chi connectivity index (χ3n) is 2.07. The highest BCUT2D eigenvalue weighted by atomic mass is 35.5. The maximum atomic E-state index is 11.0. The number of rotatable bonds is 5. The van der Waals surface area contributed by atoms with Gasteiger partial charge in [0.15, 0.2) is 0 Å². The second-order valence-corrected chi connectivity index (χ2v) is 5.32. The molecule has 0 spiro atoms. The van der Waals surface area contributed by atoms with Gasteiger partial charge in [0.25, 0.3) is 0 Å². The van der Waals surface area contributed by atoms with E-state index in [1.165, 1.54) is 11.8 Å². The standard InChI is InChI=1S/C11H14ClNO2S/c1-7(2)10(11(14)15)16-6-8-3-4-13-9(12)5-8/h3-5,7,10H,6H2,1-2H3,(H,14,15). The van der Waals surface area contributed by atoms with E-state index in [4.69, 9.17) is 16.7 Å². The lowest BCUT2D eigenvalue weighted by Crippen LogP contribution is -2.22. The molecule has 0 fully saturated rings. The van der Waals surface area contributed by atoms with Crippen molar-refractivity contribution < 1.29 is 9.90 Å². The van der Waals surface area contributed by atoms with Crippen LogP contribution in [0.2, 0.25) is 5.15 Å². The van der Waals surface area contributed by atoms with Crippen LogP contribution in [0.1, 0.15) is 19.4 Å². The van der Waals surface area contributed by atoms with E-state index >= 15 is 0 Å². The minimum Gasteiger partial charge on any atom is -0.480 e. The summed E-state index contributed by atoms with van der Waals surface area (Å²) in [6, 6.07) is 3.60. The summed E-state index contributed by atoms with van der Waals surface area (Å²) in [4.78, 5) is 14.8. The molecule has 1 aromatic heterocycles. The first kappa shape index (κ1) is 13.3. The number of aromatic nitrogens is 1. The zero-order valence-electron chi connectivity index (χ0n) is 9.18. The molecule has 1 rings (SSSR count). The van der Waals surface area contributed by atoms with Crippen LogP contribution in [-0.4, -0.2) is 21.3 Å². The van der Waals surface area contributed by atoms with Gasteiger partial charge in [-0.15, -0.1) is 11.8 Å². The van der Waals surface area contributed by atoms with Gasteiger partial charge in [-0.25, -0.2) is 4.98 Å². The van der Waals surface area contributed by atoms with Crippen molar-refractivity contribution in [2.24, 2.45) is 5.92 Å². The molecule has 0 aromatic carbocycles. The average molecular weight is 260 g/mol. The third kappa shape index (κ3) is 4.02.